The molecular weight excluding hydrogens is 476 g/mol. The molecule has 0 radical (unpaired) electrons. The van der Waals surface area contributed by atoms with Gasteiger partial charge in [0.2, 0.25) is 0 Å². The van der Waals surface area contributed by atoms with Crippen LogP contribution in [0.25, 0.3) is 21.7 Å². The van der Waals surface area contributed by atoms with Crippen molar-refractivity contribution in [2.75, 3.05) is 7.11 Å². The Labute approximate surface area is 193 Å². The lowest BCUT2D eigenvalue weighted by Gasteiger charge is -2.12. The molecule has 10 nitrogen and oxygen atoms in total. The summed E-state index contributed by atoms with van der Waals surface area (Å²) in [5.41, 5.74) is 0.461. The van der Waals surface area contributed by atoms with Crippen LogP contribution >= 0.6 is 11.3 Å². The number of pyridine rings is 1. The topological polar surface area (TPSA) is 127 Å². The summed E-state index contributed by atoms with van der Waals surface area (Å²) < 4.78 is 45.1. The van der Waals surface area contributed by atoms with Crippen molar-refractivity contribution in [1.82, 2.24) is 10.1 Å². The van der Waals surface area contributed by atoms with Gasteiger partial charge in [-0.3, -0.25) is 10.1 Å². The van der Waals surface area contributed by atoms with Crippen molar-refractivity contribution >= 4 is 34.1 Å². The zero-order valence-corrected chi connectivity index (χ0v) is 18.4. The molecule has 0 fully saturated rings. The fourth-order valence-corrected chi connectivity index (χ4v) is 3.94. The maximum absolute atomic E-state index is 13.0. The van der Waals surface area contributed by atoms with Gasteiger partial charge in [0.05, 0.1) is 50.9 Å². The van der Waals surface area contributed by atoms with Crippen molar-refractivity contribution in [3.05, 3.63) is 62.6 Å². The van der Waals surface area contributed by atoms with Crippen molar-refractivity contribution in [1.29, 1.82) is 0 Å². The Hall–Kier alpha value is -4.13. The highest BCUT2D eigenvalue weighted by Gasteiger charge is 2.25. The van der Waals surface area contributed by atoms with Crippen molar-refractivity contribution in [3.8, 4) is 22.1 Å². The van der Waals surface area contributed by atoms with E-state index < -0.39 is 35.5 Å². The normalized spacial score (nSPS) is 11.1. The molecule has 0 amide bonds. The highest BCUT2D eigenvalue weighted by molar-refractivity contribution is 7.13. The highest BCUT2D eigenvalue weighted by atomic mass is 32.1. The van der Waals surface area contributed by atoms with E-state index in [2.05, 4.69) is 14.9 Å². The number of aromatic nitrogens is 2. The Morgan fingerprint density at radius 1 is 1.29 bits per heavy atom. The van der Waals surface area contributed by atoms with Crippen LogP contribution in [0.2, 0.25) is 0 Å². The fraction of sp³-hybridized carbons (Fsp3) is 0.190. The standard InChI is InChI=1S/C21H15F2N3O7S/c1-10-18-12(7-13(17-4-3-5-34-17)24-19(18)33-25-10)20(27)31-9-11-6-15(30-2)16(32-21(22)23)8-14(11)26(28)29/h3-8,21H,9H2,1-2H3. The second-order valence-corrected chi connectivity index (χ2v) is 7.77. The Morgan fingerprint density at radius 2 is 2.09 bits per heavy atom. The zero-order chi connectivity index (χ0) is 24.4. The van der Waals surface area contributed by atoms with Gasteiger partial charge in [0, 0.05) is 0 Å². The number of hydrogen-bond donors (Lipinski definition) is 0. The summed E-state index contributed by atoms with van der Waals surface area (Å²) in [5.74, 6) is -1.51. The van der Waals surface area contributed by atoms with E-state index in [0.29, 0.717) is 16.8 Å². The predicted molar refractivity (Wildman–Crippen MR) is 115 cm³/mol. The number of methoxy groups -OCH3 is 1. The van der Waals surface area contributed by atoms with Gasteiger partial charge in [-0.1, -0.05) is 11.2 Å². The number of carbonyl (C=O) groups is 1. The second-order valence-electron chi connectivity index (χ2n) is 6.82. The SMILES string of the molecule is COc1cc(COC(=O)c2cc(-c3cccs3)nc3onc(C)c23)c([N+](=O)[O-])cc1OC(F)F. The molecule has 3 aromatic heterocycles. The summed E-state index contributed by atoms with van der Waals surface area (Å²) in [5, 5.41) is 17.5. The quantitative estimate of drug-likeness (QED) is 0.187. The molecule has 176 valence electrons. The molecule has 0 aliphatic carbocycles. The number of rotatable bonds is 8. The average Bonchev–Trinajstić information content (AvgIpc) is 3.47. The first kappa shape index (κ1) is 23.0. The Bertz CT molecular complexity index is 1370. The Balaban J connectivity index is 1.68. The first-order valence-corrected chi connectivity index (χ1v) is 10.4. The van der Waals surface area contributed by atoms with Crippen molar-refractivity contribution < 1.29 is 37.2 Å². The lowest BCUT2D eigenvalue weighted by atomic mass is 10.1. The van der Waals surface area contributed by atoms with Crippen molar-refractivity contribution in [2.24, 2.45) is 0 Å². The molecule has 0 saturated carbocycles. The summed E-state index contributed by atoms with van der Waals surface area (Å²) in [6.45, 7) is -2.12. The molecule has 0 N–H and O–H groups in total. The first-order valence-electron chi connectivity index (χ1n) is 9.56. The molecule has 3 heterocycles. The maximum atomic E-state index is 13.0. The van der Waals surface area contributed by atoms with Crippen molar-refractivity contribution in [2.45, 2.75) is 20.1 Å². The number of thiophene rings is 1. The molecule has 13 heteroatoms. The van der Waals surface area contributed by atoms with Gasteiger partial charge in [-0.2, -0.15) is 8.78 Å². The van der Waals surface area contributed by atoms with Gasteiger partial charge in [0.15, 0.2) is 11.5 Å². The van der Waals surface area contributed by atoms with Crippen LogP contribution in [0.15, 0.2) is 40.2 Å². The molecule has 4 rings (SSSR count). The molecule has 1 aromatic carbocycles. The Kier molecular flexibility index (Phi) is 6.36. The zero-order valence-electron chi connectivity index (χ0n) is 17.6. The number of nitro benzene ring substituents is 1. The van der Waals surface area contributed by atoms with Gasteiger partial charge in [0.1, 0.15) is 6.61 Å². The first-order chi connectivity index (χ1) is 16.3. The van der Waals surface area contributed by atoms with E-state index in [1.165, 1.54) is 24.5 Å². The molecule has 0 spiro atoms. The molecule has 0 saturated heterocycles. The number of halogens is 2. The molecule has 34 heavy (non-hydrogen) atoms. The lowest BCUT2D eigenvalue weighted by molar-refractivity contribution is -0.386. The summed E-state index contributed by atoms with van der Waals surface area (Å²) in [7, 11) is 1.18. The van der Waals surface area contributed by atoms with Gasteiger partial charge >= 0.3 is 12.6 Å². The van der Waals surface area contributed by atoms with Crippen LogP contribution in [-0.2, 0) is 11.3 Å². The molecule has 0 atom stereocenters. The molecule has 0 aliphatic rings. The number of fused-ring (bicyclic) bond motifs is 1. The lowest BCUT2D eigenvalue weighted by Crippen LogP contribution is -2.09. The maximum Gasteiger partial charge on any atom is 0.387 e. The van der Waals surface area contributed by atoms with E-state index in [0.717, 1.165) is 17.0 Å². The third-order valence-corrected chi connectivity index (χ3v) is 5.64. The summed E-state index contributed by atoms with van der Waals surface area (Å²) in [4.78, 5) is 28.9. The van der Waals surface area contributed by atoms with E-state index in [-0.39, 0.29) is 22.6 Å². The summed E-state index contributed by atoms with van der Waals surface area (Å²) in [6.07, 6.45) is 0. The second kappa shape index (κ2) is 9.39. The highest BCUT2D eigenvalue weighted by Crippen LogP contribution is 2.36. The minimum Gasteiger partial charge on any atom is -0.493 e. The molecular formula is C21H15F2N3O7S. The Morgan fingerprint density at radius 3 is 2.74 bits per heavy atom. The minimum absolute atomic E-state index is 0.0809. The number of benzene rings is 1. The van der Waals surface area contributed by atoms with Gasteiger partial charge < -0.3 is 18.7 Å². The third-order valence-electron chi connectivity index (χ3n) is 4.75. The minimum atomic E-state index is -3.21. The number of carbonyl (C=O) groups excluding carboxylic acids is 1. The molecule has 0 aliphatic heterocycles. The number of nitrogens with zero attached hydrogens (tertiary/aromatic N) is 3. The van der Waals surface area contributed by atoms with Crippen molar-refractivity contribution in [3.63, 3.8) is 0 Å². The van der Waals surface area contributed by atoms with Crippen LogP contribution in [0.1, 0.15) is 21.6 Å². The van der Waals surface area contributed by atoms with Gasteiger partial charge in [-0.25, -0.2) is 9.78 Å². The number of hydrogen-bond acceptors (Lipinski definition) is 10. The number of ether oxygens (including phenoxy) is 3. The van der Waals surface area contributed by atoms with Crippen LogP contribution in [0.5, 0.6) is 11.5 Å². The molecule has 4 aromatic rings. The van der Waals surface area contributed by atoms with E-state index >= 15 is 0 Å². The van der Waals surface area contributed by atoms with Gasteiger partial charge in [0.25, 0.3) is 11.4 Å². The summed E-state index contributed by atoms with van der Waals surface area (Å²) >= 11 is 1.41. The predicted octanol–water partition coefficient (Wildman–Crippen LogP) is 5.13. The van der Waals surface area contributed by atoms with Gasteiger partial charge in [-0.05, 0) is 30.5 Å². The summed E-state index contributed by atoms with van der Waals surface area (Å²) in [6, 6.07) is 7.05. The van der Waals surface area contributed by atoms with E-state index in [1.54, 1.807) is 6.92 Å². The number of nitro groups is 1. The van der Waals surface area contributed by atoms with Gasteiger partial charge in [-0.15, -0.1) is 11.3 Å². The van der Waals surface area contributed by atoms with Crippen LogP contribution in [0, 0.1) is 17.0 Å². The smallest absolute Gasteiger partial charge is 0.387 e. The van der Waals surface area contributed by atoms with Crippen LogP contribution in [0.4, 0.5) is 14.5 Å². The number of aryl methyl sites for hydroxylation is 1. The van der Waals surface area contributed by atoms with Crippen LogP contribution in [-0.4, -0.2) is 34.8 Å². The van der Waals surface area contributed by atoms with Crippen LogP contribution < -0.4 is 9.47 Å². The third kappa shape index (κ3) is 4.50. The van der Waals surface area contributed by atoms with E-state index in [4.69, 9.17) is 14.0 Å². The average molecular weight is 491 g/mol. The van der Waals surface area contributed by atoms with Crippen LogP contribution in [0.3, 0.4) is 0 Å². The van der Waals surface area contributed by atoms with E-state index in [1.807, 2.05) is 17.5 Å². The van der Waals surface area contributed by atoms with E-state index in [9.17, 15) is 23.7 Å². The molecule has 0 bridgehead atoms. The number of esters is 1. The number of alkyl halides is 2. The monoisotopic (exact) mass is 491 g/mol. The fourth-order valence-electron chi connectivity index (χ4n) is 3.25. The molecule has 0 unspecified atom stereocenters. The largest absolute Gasteiger partial charge is 0.493 e.